The lowest BCUT2D eigenvalue weighted by atomic mass is 9.96. The van der Waals surface area contributed by atoms with E-state index in [9.17, 15) is 9.59 Å². The third kappa shape index (κ3) is 3.87. The third-order valence-corrected chi connectivity index (χ3v) is 3.98. The molecule has 1 aromatic rings. The van der Waals surface area contributed by atoms with Crippen molar-refractivity contribution in [2.75, 3.05) is 18.4 Å². The number of ketones is 1. The zero-order valence-corrected chi connectivity index (χ0v) is 13.3. The topological polar surface area (TPSA) is 84.2 Å². The van der Waals surface area contributed by atoms with Crippen LogP contribution in [0.2, 0.25) is 5.02 Å². The van der Waals surface area contributed by atoms with Gasteiger partial charge >= 0.3 is 0 Å². The van der Waals surface area contributed by atoms with Crippen LogP contribution in [0.15, 0.2) is 29.5 Å². The van der Waals surface area contributed by atoms with Gasteiger partial charge < -0.3 is 16.4 Å². The fourth-order valence-electron chi connectivity index (χ4n) is 2.34. The van der Waals surface area contributed by atoms with Crippen LogP contribution in [0, 0.1) is 0 Å². The Hall–Kier alpha value is -1.85. The molecule has 0 bridgehead atoms. The molecule has 0 unspecified atom stereocenters. The summed E-state index contributed by atoms with van der Waals surface area (Å²) < 4.78 is 0. The number of nitrogens with one attached hydrogen (secondary N) is 2. The van der Waals surface area contributed by atoms with Gasteiger partial charge in [-0.2, -0.15) is 0 Å². The van der Waals surface area contributed by atoms with Crippen molar-refractivity contribution in [3.05, 3.63) is 40.1 Å². The monoisotopic (exact) mass is 321 g/mol. The van der Waals surface area contributed by atoms with E-state index < -0.39 is 0 Å². The van der Waals surface area contributed by atoms with Gasteiger partial charge in [-0.25, -0.2) is 0 Å². The van der Waals surface area contributed by atoms with Crippen molar-refractivity contribution in [2.24, 2.45) is 5.73 Å². The molecule has 1 aliphatic rings. The van der Waals surface area contributed by atoms with Crippen molar-refractivity contribution in [2.45, 2.75) is 26.2 Å². The molecule has 4 N–H and O–H groups in total. The zero-order chi connectivity index (χ0) is 16.1. The van der Waals surface area contributed by atoms with Gasteiger partial charge in [-0.3, -0.25) is 9.59 Å². The molecule has 0 radical (unpaired) electrons. The van der Waals surface area contributed by atoms with Crippen LogP contribution in [0.3, 0.4) is 0 Å². The summed E-state index contributed by atoms with van der Waals surface area (Å²) in [5.74, 6) is -0.0442. The molecule has 1 aromatic carbocycles. The van der Waals surface area contributed by atoms with Gasteiger partial charge in [-0.05, 0) is 38.0 Å². The lowest BCUT2D eigenvalue weighted by molar-refractivity contribution is -0.116. The first-order valence-corrected chi connectivity index (χ1v) is 7.68. The van der Waals surface area contributed by atoms with Crippen molar-refractivity contribution >= 4 is 29.0 Å². The van der Waals surface area contributed by atoms with E-state index in [0.29, 0.717) is 35.8 Å². The van der Waals surface area contributed by atoms with Gasteiger partial charge in [0.05, 0.1) is 10.7 Å². The molecule has 6 heteroatoms. The van der Waals surface area contributed by atoms with Crippen molar-refractivity contribution in [1.29, 1.82) is 0 Å². The molecule has 1 aliphatic carbocycles. The molecule has 0 atom stereocenters. The molecule has 0 saturated heterocycles. The first-order chi connectivity index (χ1) is 10.5. The maximum atomic E-state index is 12.0. The van der Waals surface area contributed by atoms with E-state index in [4.69, 9.17) is 17.3 Å². The van der Waals surface area contributed by atoms with Crippen molar-refractivity contribution in [1.82, 2.24) is 5.32 Å². The van der Waals surface area contributed by atoms with Crippen molar-refractivity contribution in [3.8, 4) is 0 Å². The van der Waals surface area contributed by atoms with Crippen LogP contribution in [-0.4, -0.2) is 24.8 Å². The van der Waals surface area contributed by atoms with Crippen LogP contribution in [0.1, 0.15) is 36.5 Å². The Bertz CT molecular complexity index is 626. The Morgan fingerprint density at radius 2 is 2.14 bits per heavy atom. The highest BCUT2D eigenvalue weighted by molar-refractivity contribution is 6.33. The number of halogens is 1. The molecular formula is C16H20ClN3O2. The summed E-state index contributed by atoms with van der Waals surface area (Å²) in [4.78, 5) is 23.7. The summed E-state index contributed by atoms with van der Waals surface area (Å²) in [5, 5.41) is 6.42. The number of benzene rings is 1. The molecule has 22 heavy (non-hydrogen) atoms. The summed E-state index contributed by atoms with van der Waals surface area (Å²) in [6, 6.07) is 5.02. The molecule has 118 valence electrons. The van der Waals surface area contributed by atoms with Crippen LogP contribution in [0.25, 0.3) is 0 Å². The normalized spacial score (nSPS) is 15.0. The van der Waals surface area contributed by atoms with Gasteiger partial charge in [-0.15, -0.1) is 0 Å². The fraction of sp³-hybridized carbons (Fsp3) is 0.375. The average Bonchev–Trinajstić information content (AvgIpc) is 2.51. The number of anilines is 1. The average molecular weight is 322 g/mol. The summed E-state index contributed by atoms with van der Waals surface area (Å²) in [7, 11) is 0. The van der Waals surface area contributed by atoms with Gasteiger partial charge in [-0.1, -0.05) is 11.6 Å². The smallest absolute Gasteiger partial charge is 0.251 e. The van der Waals surface area contributed by atoms with Crippen LogP contribution < -0.4 is 16.4 Å². The fourth-order valence-corrected chi connectivity index (χ4v) is 2.50. The van der Waals surface area contributed by atoms with Gasteiger partial charge in [0.1, 0.15) is 0 Å². The molecule has 5 nitrogen and oxygen atoms in total. The highest BCUT2D eigenvalue weighted by atomic mass is 35.5. The number of amides is 1. The number of allylic oxidation sites excluding steroid dienone is 2. The van der Waals surface area contributed by atoms with E-state index >= 15 is 0 Å². The maximum absolute atomic E-state index is 12.0. The second-order valence-electron chi connectivity index (χ2n) is 5.24. The van der Waals surface area contributed by atoms with Gasteiger partial charge in [0.25, 0.3) is 5.91 Å². The number of rotatable bonds is 5. The summed E-state index contributed by atoms with van der Waals surface area (Å²) in [6.07, 6.45) is 2.22. The lowest BCUT2D eigenvalue weighted by Crippen LogP contribution is -2.29. The van der Waals surface area contributed by atoms with E-state index in [1.54, 1.807) is 18.2 Å². The molecule has 0 heterocycles. The molecule has 0 saturated carbocycles. The van der Waals surface area contributed by atoms with Crippen molar-refractivity contribution in [3.63, 3.8) is 0 Å². The number of hydrogen-bond acceptors (Lipinski definition) is 4. The number of nitrogens with two attached hydrogens (primary N) is 1. The molecule has 0 spiro atoms. The molecule has 2 rings (SSSR count). The van der Waals surface area contributed by atoms with E-state index in [1.807, 2.05) is 6.92 Å². The predicted octanol–water partition coefficient (Wildman–Crippen LogP) is 2.47. The molecule has 1 amide bonds. The molecule has 0 aliphatic heterocycles. The highest BCUT2D eigenvalue weighted by Crippen LogP contribution is 2.28. The second-order valence-corrected chi connectivity index (χ2v) is 5.65. The first-order valence-electron chi connectivity index (χ1n) is 7.30. The SMILES string of the molecule is CC1=C(Nc2cc(C(=O)NCCN)ccc2Cl)CCCC1=O. The first kappa shape index (κ1) is 16.5. The Balaban J connectivity index is 2.22. The zero-order valence-electron chi connectivity index (χ0n) is 12.5. The minimum Gasteiger partial charge on any atom is -0.357 e. The standard InChI is InChI=1S/C16H20ClN3O2/c1-10-13(3-2-4-15(10)21)20-14-9-11(5-6-12(14)17)16(22)19-8-7-18/h5-6,9,20H,2-4,7-8,18H2,1H3,(H,19,22). The van der Waals surface area contributed by atoms with Gasteiger partial charge in [0.2, 0.25) is 0 Å². The molecular weight excluding hydrogens is 302 g/mol. The molecule has 0 aromatic heterocycles. The predicted molar refractivity (Wildman–Crippen MR) is 88.0 cm³/mol. The van der Waals surface area contributed by atoms with E-state index in [2.05, 4.69) is 10.6 Å². The van der Waals surface area contributed by atoms with Crippen LogP contribution >= 0.6 is 11.6 Å². The van der Waals surface area contributed by atoms with Crippen LogP contribution in [-0.2, 0) is 4.79 Å². The quantitative estimate of drug-likeness (QED) is 0.778. The minimum atomic E-state index is -0.199. The van der Waals surface area contributed by atoms with E-state index in [-0.39, 0.29) is 11.7 Å². The number of carbonyl (C=O) groups excluding carboxylic acids is 2. The van der Waals surface area contributed by atoms with Gasteiger partial charge in [0.15, 0.2) is 5.78 Å². The number of carbonyl (C=O) groups is 2. The van der Waals surface area contributed by atoms with Crippen molar-refractivity contribution < 1.29 is 9.59 Å². The Morgan fingerprint density at radius 1 is 1.36 bits per heavy atom. The Labute approximate surface area is 134 Å². The number of hydrogen-bond donors (Lipinski definition) is 3. The van der Waals surface area contributed by atoms with E-state index in [1.165, 1.54) is 0 Å². The second kappa shape index (κ2) is 7.42. The summed E-state index contributed by atoms with van der Waals surface area (Å²) in [5.41, 5.74) is 8.12. The molecule has 0 fully saturated rings. The number of Topliss-reactive ketones (excluding diaryl/α,β-unsaturated/α-hetero) is 1. The largest absolute Gasteiger partial charge is 0.357 e. The third-order valence-electron chi connectivity index (χ3n) is 3.65. The van der Waals surface area contributed by atoms with Crippen LogP contribution in [0.5, 0.6) is 0 Å². The maximum Gasteiger partial charge on any atom is 0.251 e. The highest BCUT2D eigenvalue weighted by Gasteiger charge is 2.18. The minimum absolute atomic E-state index is 0.154. The lowest BCUT2D eigenvalue weighted by Gasteiger charge is -2.19. The summed E-state index contributed by atoms with van der Waals surface area (Å²) >= 11 is 6.19. The van der Waals surface area contributed by atoms with Gasteiger partial charge in [0, 0.05) is 36.3 Å². The van der Waals surface area contributed by atoms with E-state index in [0.717, 1.165) is 24.1 Å². The van der Waals surface area contributed by atoms with Crippen LogP contribution in [0.4, 0.5) is 5.69 Å². The Morgan fingerprint density at radius 3 is 2.86 bits per heavy atom. The summed E-state index contributed by atoms with van der Waals surface area (Å²) in [6.45, 7) is 2.62. The Kier molecular flexibility index (Phi) is 5.57.